The molecule has 0 bridgehead atoms. The van der Waals surface area contributed by atoms with E-state index in [9.17, 15) is 0 Å². The molecule has 0 unspecified atom stereocenters. The van der Waals surface area contributed by atoms with Gasteiger partial charge in [-0.05, 0) is 6.42 Å². The van der Waals surface area contributed by atoms with Crippen molar-refractivity contribution < 1.29 is 0 Å². The van der Waals surface area contributed by atoms with Crippen molar-refractivity contribution in [3.63, 3.8) is 0 Å². The number of anilines is 2. The third-order valence-electron chi connectivity index (χ3n) is 4.96. The summed E-state index contributed by atoms with van der Waals surface area (Å²) in [5.41, 5.74) is 1.22. The van der Waals surface area contributed by atoms with Crippen molar-refractivity contribution in [2.24, 2.45) is 0 Å². The van der Waals surface area contributed by atoms with Crippen LogP contribution < -0.4 is 9.80 Å². The molecule has 140 valence electrons. The molecule has 0 amide bonds. The van der Waals surface area contributed by atoms with Crippen molar-refractivity contribution in [3.05, 3.63) is 28.5 Å². The monoisotopic (exact) mass is 390 g/mol. The average molecular weight is 391 g/mol. The quantitative estimate of drug-likeness (QED) is 0.777. The Morgan fingerprint density at radius 3 is 2.31 bits per heavy atom. The Balaban J connectivity index is 1.34. The van der Waals surface area contributed by atoms with Crippen LogP contribution in [0.25, 0.3) is 0 Å². The molecule has 0 N–H and O–H groups in total. The zero-order chi connectivity index (χ0) is 17.8. The fourth-order valence-electron chi connectivity index (χ4n) is 3.42. The van der Waals surface area contributed by atoms with Gasteiger partial charge in [0.15, 0.2) is 0 Å². The summed E-state index contributed by atoms with van der Waals surface area (Å²) in [5.74, 6) is 4.52. The van der Waals surface area contributed by atoms with Gasteiger partial charge >= 0.3 is 0 Å². The Morgan fingerprint density at radius 1 is 0.962 bits per heavy atom. The first-order chi connectivity index (χ1) is 12.8. The second-order valence-electron chi connectivity index (χ2n) is 6.68. The normalized spacial score (nSPS) is 19.1. The molecule has 2 aromatic heterocycles. The molecule has 0 saturated carbocycles. The van der Waals surface area contributed by atoms with E-state index in [-0.39, 0.29) is 0 Å². The molecule has 4 heterocycles. The predicted octanol–water partition coefficient (Wildman–Crippen LogP) is 2.37. The summed E-state index contributed by atoms with van der Waals surface area (Å²) in [5, 5.41) is 3.45. The highest BCUT2D eigenvalue weighted by Crippen LogP contribution is 2.22. The molecule has 6 nitrogen and oxygen atoms in total. The summed E-state index contributed by atoms with van der Waals surface area (Å²) in [7, 11) is 0. The maximum absolute atomic E-state index is 4.70. The van der Waals surface area contributed by atoms with Crippen molar-refractivity contribution in [1.29, 1.82) is 0 Å². The number of thioether (sulfide) groups is 1. The van der Waals surface area contributed by atoms with Crippen LogP contribution >= 0.6 is 23.1 Å². The van der Waals surface area contributed by atoms with Crippen LogP contribution in [0.3, 0.4) is 0 Å². The van der Waals surface area contributed by atoms with Gasteiger partial charge in [0.2, 0.25) is 0 Å². The second kappa shape index (κ2) is 8.54. The maximum atomic E-state index is 4.70. The molecule has 2 aliphatic heterocycles. The van der Waals surface area contributed by atoms with Crippen molar-refractivity contribution in [2.75, 3.05) is 60.6 Å². The van der Waals surface area contributed by atoms with Gasteiger partial charge in [-0.3, -0.25) is 4.90 Å². The zero-order valence-corrected chi connectivity index (χ0v) is 16.9. The van der Waals surface area contributed by atoms with Gasteiger partial charge in [0.1, 0.15) is 18.0 Å². The van der Waals surface area contributed by atoms with Gasteiger partial charge in [0.05, 0.1) is 10.7 Å². The number of nitrogens with zero attached hydrogens (tertiary/aromatic N) is 6. The molecule has 4 rings (SSSR count). The van der Waals surface area contributed by atoms with Crippen LogP contribution in [0.4, 0.5) is 11.6 Å². The highest BCUT2D eigenvalue weighted by molar-refractivity contribution is 7.99. The van der Waals surface area contributed by atoms with Crippen LogP contribution in [0.5, 0.6) is 0 Å². The van der Waals surface area contributed by atoms with Crippen LogP contribution in [0.1, 0.15) is 17.6 Å². The molecule has 0 radical (unpaired) electrons. The Hall–Kier alpha value is -1.38. The molecule has 2 aliphatic rings. The Morgan fingerprint density at radius 2 is 1.65 bits per heavy atom. The van der Waals surface area contributed by atoms with Crippen molar-refractivity contribution in [1.82, 2.24) is 19.9 Å². The van der Waals surface area contributed by atoms with Crippen LogP contribution in [0.15, 0.2) is 17.8 Å². The number of piperazine rings is 1. The van der Waals surface area contributed by atoms with Crippen molar-refractivity contribution >= 4 is 34.7 Å². The van der Waals surface area contributed by atoms with E-state index < -0.39 is 0 Å². The lowest BCUT2D eigenvalue weighted by Gasteiger charge is -2.35. The minimum atomic E-state index is 0.963. The van der Waals surface area contributed by atoms with Crippen molar-refractivity contribution in [3.8, 4) is 0 Å². The van der Waals surface area contributed by atoms with Gasteiger partial charge in [-0.2, -0.15) is 11.8 Å². The molecule has 2 saturated heterocycles. The van der Waals surface area contributed by atoms with E-state index >= 15 is 0 Å². The summed E-state index contributed by atoms with van der Waals surface area (Å²) in [4.78, 5) is 21.0. The molecule has 2 fully saturated rings. The molecule has 2 aromatic rings. The fraction of sp³-hybridized carbons (Fsp3) is 0.611. The van der Waals surface area contributed by atoms with E-state index in [0.29, 0.717) is 0 Å². The minimum Gasteiger partial charge on any atom is -0.355 e. The van der Waals surface area contributed by atoms with Crippen LogP contribution in [-0.4, -0.2) is 70.6 Å². The van der Waals surface area contributed by atoms with E-state index in [1.165, 1.54) is 22.2 Å². The summed E-state index contributed by atoms with van der Waals surface area (Å²) >= 11 is 3.80. The van der Waals surface area contributed by atoms with Crippen molar-refractivity contribution in [2.45, 2.75) is 19.9 Å². The van der Waals surface area contributed by atoms with Gasteiger partial charge in [-0.15, -0.1) is 11.3 Å². The van der Waals surface area contributed by atoms with E-state index in [1.807, 2.05) is 11.8 Å². The van der Waals surface area contributed by atoms with Crippen LogP contribution in [0, 0.1) is 0 Å². The Bertz CT molecular complexity index is 707. The third-order valence-corrected chi connectivity index (χ3v) is 6.94. The van der Waals surface area contributed by atoms with E-state index in [1.54, 1.807) is 17.7 Å². The van der Waals surface area contributed by atoms with Gasteiger partial charge in [0.25, 0.3) is 0 Å². The summed E-state index contributed by atoms with van der Waals surface area (Å²) < 4.78 is 0. The number of aryl methyl sites for hydroxylation is 1. The largest absolute Gasteiger partial charge is 0.355 e. The Labute approximate surface area is 163 Å². The van der Waals surface area contributed by atoms with Crippen LogP contribution in [0.2, 0.25) is 0 Å². The lowest BCUT2D eigenvalue weighted by atomic mass is 10.3. The first-order valence-electron chi connectivity index (χ1n) is 9.37. The first-order valence-corrected chi connectivity index (χ1v) is 11.4. The molecule has 0 atom stereocenters. The maximum Gasteiger partial charge on any atom is 0.134 e. The third kappa shape index (κ3) is 4.29. The standard InChI is InChI=1S/C18H26N6S2/c1-2-18-21-15(13-26-18)12-22-3-5-23(6-4-22)16-11-17(20-14-19-16)24-7-9-25-10-8-24/h11,13-14H,2-10,12H2,1H3. The number of rotatable bonds is 5. The average Bonchev–Trinajstić information content (AvgIpc) is 3.17. The first kappa shape index (κ1) is 18.0. The lowest BCUT2D eigenvalue weighted by molar-refractivity contribution is 0.247. The fourth-order valence-corrected chi connectivity index (χ4v) is 5.06. The molecule has 26 heavy (non-hydrogen) atoms. The molecular formula is C18H26N6S2. The van der Waals surface area contributed by atoms with E-state index in [4.69, 9.17) is 4.98 Å². The topological polar surface area (TPSA) is 48.4 Å². The number of thiazole rings is 1. The van der Waals surface area contributed by atoms with Crippen LogP contribution in [-0.2, 0) is 13.0 Å². The molecule has 8 heteroatoms. The van der Waals surface area contributed by atoms with E-state index in [2.05, 4.69) is 43.0 Å². The van der Waals surface area contributed by atoms with Gasteiger partial charge in [-0.1, -0.05) is 6.92 Å². The molecule has 0 spiro atoms. The summed E-state index contributed by atoms with van der Waals surface area (Å²) in [6.45, 7) is 9.43. The molecular weight excluding hydrogens is 364 g/mol. The molecule has 0 aliphatic carbocycles. The zero-order valence-electron chi connectivity index (χ0n) is 15.3. The highest BCUT2D eigenvalue weighted by Gasteiger charge is 2.20. The summed E-state index contributed by atoms with van der Waals surface area (Å²) in [6, 6.07) is 2.17. The number of hydrogen-bond donors (Lipinski definition) is 0. The minimum absolute atomic E-state index is 0.963. The number of hydrogen-bond acceptors (Lipinski definition) is 8. The second-order valence-corrected chi connectivity index (χ2v) is 8.85. The van der Waals surface area contributed by atoms with Gasteiger partial charge < -0.3 is 9.80 Å². The Kier molecular flexibility index (Phi) is 5.91. The predicted molar refractivity (Wildman–Crippen MR) is 111 cm³/mol. The van der Waals surface area contributed by atoms with E-state index in [0.717, 1.165) is 63.9 Å². The summed E-state index contributed by atoms with van der Waals surface area (Å²) in [6.07, 6.45) is 2.75. The smallest absolute Gasteiger partial charge is 0.134 e. The number of aromatic nitrogens is 3. The SMILES string of the molecule is CCc1nc(CN2CCN(c3cc(N4CCSCC4)ncn3)CC2)cs1. The van der Waals surface area contributed by atoms with Gasteiger partial charge in [-0.25, -0.2) is 15.0 Å². The van der Waals surface area contributed by atoms with Gasteiger partial charge in [0, 0.05) is 68.8 Å². The molecule has 0 aromatic carbocycles. The lowest BCUT2D eigenvalue weighted by Crippen LogP contribution is -2.46. The highest BCUT2D eigenvalue weighted by atomic mass is 32.2.